The normalized spacial score (nSPS) is 10.9. The lowest BCUT2D eigenvalue weighted by atomic mass is 10.1. The van der Waals surface area contributed by atoms with Crippen molar-refractivity contribution in [1.82, 2.24) is 4.57 Å². The van der Waals surface area contributed by atoms with E-state index in [4.69, 9.17) is 11.6 Å². The smallest absolute Gasteiger partial charge is 0.0500 e. The molecule has 0 unspecified atom stereocenters. The van der Waals surface area contributed by atoms with E-state index in [0.29, 0.717) is 0 Å². The maximum absolute atomic E-state index is 6.22. The molecule has 0 fully saturated rings. The monoisotopic (exact) mass is 241 g/mol. The Kier molecular flexibility index (Phi) is 2.41. The minimum absolute atomic E-state index is 0.806. The molecule has 0 aliphatic heterocycles. The number of nitrogens with zero attached hydrogens (tertiary/aromatic N) is 1. The molecular weight excluding hydrogens is 230 g/mol. The van der Waals surface area contributed by atoms with Crippen molar-refractivity contribution in [3.05, 3.63) is 59.6 Å². The van der Waals surface area contributed by atoms with Crippen LogP contribution in [0, 0.1) is 0 Å². The topological polar surface area (TPSA) is 4.93 Å². The van der Waals surface area contributed by atoms with Crippen LogP contribution in [0.15, 0.2) is 54.6 Å². The average Bonchev–Trinajstić information content (AvgIpc) is 2.70. The number of hydrogen-bond donors (Lipinski definition) is 0. The fraction of sp³-hybridized carbons (Fsp3) is 0.0667. The van der Waals surface area contributed by atoms with Crippen molar-refractivity contribution in [1.29, 1.82) is 0 Å². The van der Waals surface area contributed by atoms with Gasteiger partial charge in [-0.15, -0.1) is 0 Å². The zero-order valence-electron chi connectivity index (χ0n) is 9.52. The number of aromatic nitrogens is 1. The van der Waals surface area contributed by atoms with E-state index in [1.165, 1.54) is 11.3 Å². The van der Waals surface area contributed by atoms with Crippen LogP contribution < -0.4 is 0 Å². The van der Waals surface area contributed by atoms with E-state index in [0.717, 1.165) is 15.9 Å². The Balaban J connectivity index is 2.32. The van der Waals surface area contributed by atoms with Crippen molar-refractivity contribution in [2.75, 3.05) is 0 Å². The van der Waals surface area contributed by atoms with E-state index in [2.05, 4.69) is 48.0 Å². The molecule has 1 aromatic heterocycles. The Morgan fingerprint density at radius 3 is 2.41 bits per heavy atom. The SMILES string of the molecule is Cn1c(-c2ccccc2)cc2c(Cl)cccc21. The van der Waals surface area contributed by atoms with Gasteiger partial charge in [-0.2, -0.15) is 0 Å². The van der Waals surface area contributed by atoms with Crippen LogP contribution in [0.25, 0.3) is 22.2 Å². The third kappa shape index (κ3) is 1.63. The molecule has 0 amide bonds. The van der Waals surface area contributed by atoms with Crippen molar-refractivity contribution >= 4 is 22.5 Å². The number of aryl methyl sites for hydroxylation is 1. The lowest BCUT2D eigenvalue weighted by Crippen LogP contribution is -1.90. The van der Waals surface area contributed by atoms with Gasteiger partial charge in [0.15, 0.2) is 0 Å². The van der Waals surface area contributed by atoms with Crippen LogP contribution in [0.1, 0.15) is 0 Å². The van der Waals surface area contributed by atoms with Gasteiger partial charge in [0.25, 0.3) is 0 Å². The van der Waals surface area contributed by atoms with Crippen molar-refractivity contribution in [3.63, 3.8) is 0 Å². The summed E-state index contributed by atoms with van der Waals surface area (Å²) in [5, 5.41) is 1.91. The van der Waals surface area contributed by atoms with Crippen LogP contribution in [0.3, 0.4) is 0 Å². The highest BCUT2D eigenvalue weighted by Gasteiger charge is 2.09. The average molecular weight is 242 g/mol. The Morgan fingerprint density at radius 1 is 0.941 bits per heavy atom. The second-order valence-electron chi connectivity index (χ2n) is 4.13. The minimum Gasteiger partial charge on any atom is -0.344 e. The van der Waals surface area contributed by atoms with E-state index in [-0.39, 0.29) is 0 Å². The molecule has 3 rings (SSSR count). The number of fused-ring (bicyclic) bond motifs is 1. The maximum atomic E-state index is 6.22. The highest BCUT2D eigenvalue weighted by Crippen LogP contribution is 2.31. The van der Waals surface area contributed by atoms with Crippen molar-refractivity contribution in [2.45, 2.75) is 0 Å². The Morgan fingerprint density at radius 2 is 1.71 bits per heavy atom. The molecule has 0 atom stereocenters. The molecule has 1 heterocycles. The van der Waals surface area contributed by atoms with Gasteiger partial charge in [0.2, 0.25) is 0 Å². The van der Waals surface area contributed by atoms with Crippen molar-refractivity contribution in [3.8, 4) is 11.3 Å². The number of benzene rings is 2. The standard InChI is InChI=1S/C15H12ClN/c1-17-14-9-5-8-13(16)12(14)10-15(17)11-6-3-2-4-7-11/h2-10H,1H3. The zero-order chi connectivity index (χ0) is 11.8. The molecule has 17 heavy (non-hydrogen) atoms. The maximum Gasteiger partial charge on any atom is 0.0500 e. The third-order valence-corrected chi connectivity index (χ3v) is 3.43. The Hall–Kier alpha value is -1.73. The first-order valence-corrected chi connectivity index (χ1v) is 5.94. The van der Waals surface area contributed by atoms with Crippen LogP contribution in [0.2, 0.25) is 5.02 Å². The predicted molar refractivity (Wildman–Crippen MR) is 73.4 cm³/mol. The summed E-state index contributed by atoms with van der Waals surface area (Å²) < 4.78 is 2.18. The van der Waals surface area contributed by atoms with Crippen LogP contribution in [0.5, 0.6) is 0 Å². The molecule has 84 valence electrons. The van der Waals surface area contributed by atoms with Gasteiger partial charge in [-0.25, -0.2) is 0 Å². The van der Waals surface area contributed by atoms with Crippen LogP contribution >= 0.6 is 11.6 Å². The number of halogens is 1. The van der Waals surface area contributed by atoms with Gasteiger partial charge in [-0.05, 0) is 23.8 Å². The molecule has 2 aromatic carbocycles. The molecule has 0 spiro atoms. The van der Waals surface area contributed by atoms with Gasteiger partial charge in [0.05, 0.1) is 0 Å². The molecular formula is C15H12ClN. The fourth-order valence-corrected chi connectivity index (χ4v) is 2.43. The zero-order valence-corrected chi connectivity index (χ0v) is 10.3. The summed E-state index contributed by atoms with van der Waals surface area (Å²) in [5.41, 5.74) is 3.56. The molecule has 0 N–H and O–H groups in total. The number of hydrogen-bond acceptors (Lipinski definition) is 0. The third-order valence-electron chi connectivity index (χ3n) is 3.10. The summed E-state index contributed by atoms with van der Waals surface area (Å²) in [6, 6.07) is 18.5. The van der Waals surface area contributed by atoms with Gasteiger partial charge < -0.3 is 4.57 Å². The van der Waals surface area contributed by atoms with Gasteiger partial charge in [-0.1, -0.05) is 48.0 Å². The Labute approximate surface area is 105 Å². The van der Waals surface area contributed by atoms with Gasteiger partial charge in [-0.3, -0.25) is 0 Å². The van der Waals surface area contributed by atoms with E-state index >= 15 is 0 Å². The molecule has 0 saturated heterocycles. The fourth-order valence-electron chi connectivity index (χ4n) is 2.21. The summed E-state index contributed by atoms with van der Waals surface area (Å²) in [7, 11) is 2.07. The summed E-state index contributed by atoms with van der Waals surface area (Å²) in [6.45, 7) is 0. The van der Waals surface area contributed by atoms with Crippen LogP contribution in [0.4, 0.5) is 0 Å². The molecule has 0 saturated carbocycles. The highest BCUT2D eigenvalue weighted by atomic mass is 35.5. The van der Waals surface area contributed by atoms with Crippen LogP contribution in [-0.4, -0.2) is 4.57 Å². The first-order chi connectivity index (χ1) is 8.27. The number of rotatable bonds is 1. The molecule has 3 aromatic rings. The minimum atomic E-state index is 0.806. The van der Waals surface area contributed by atoms with E-state index in [1.807, 2.05) is 18.2 Å². The van der Waals surface area contributed by atoms with Gasteiger partial charge in [0.1, 0.15) is 0 Å². The largest absolute Gasteiger partial charge is 0.344 e. The van der Waals surface area contributed by atoms with Crippen LogP contribution in [-0.2, 0) is 7.05 Å². The molecule has 0 aliphatic carbocycles. The highest BCUT2D eigenvalue weighted by molar-refractivity contribution is 6.35. The molecule has 0 radical (unpaired) electrons. The molecule has 1 nitrogen and oxygen atoms in total. The molecule has 0 bridgehead atoms. The lowest BCUT2D eigenvalue weighted by molar-refractivity contribution is 0.978. The van der Waals surface area contributed by atoms with Gasteiger partial charge >= 0.3 is 0 Å². The summed E-state index contributed by atoms with van der Waals surface area (Å²) in [5.74, 6) is 0. The van der Waals surface area contributed by atoms with E-state index < -0.39 is 0 Å². The van der Waals surface area contributed by atoms with Gasteiger partial charge in [0, 0.05) is 28.7 Å². The summed E-state index contributed by atoms with van der Waals surface area (Å²) in [6.07, 6.45) is 0. The van der Waals surface area contributed by atoms with Crippen molar-refractivity contribution < 1.29 is 0 Å². The first-order valence-electron chi connectivity index (χ1n) is 5.57. The second kappa shape index (κ2) is 3.94. The van der Waals surface area contributed by atoms with E-state index in [1.54, 1.807) is 0 Å². The van der Waals surface area contributed by atoms with Crippen molar-refractivity contribution in [2.24, 2.45) is 7.05 Å². The predicted octanol–water partition coefficient (Wildman–Crippen LogP) is 4.50. The quantitative estimate of drug-likeness (QED) is 0.591. The lowest BCUT2D eigenvalue weighted by Gasteiger charge is -2.03. The second-order valence-corrected chi connectivity index (χ2v) is 4.53. The Bertz CT molecular complexity index is 668. The summed E-state index contributed by atoms with van der Waals surface area (Å²) >= 11 is 6.22. The molecule has 0 aliphatic rings. The van der Waals surface area contributed by atoms with E-state index in [9.17, 15) is 0 Å². The summed E-state index contributed by atoms with van der Waals surface area (Å²) in [4.78, 5) is 0. The molecule has 2 heteroatoms. The first kappa shape index (κ1) is 10.4.